The van der Waals surface area contributed by atoms with Crippen LogP contribution in [0.15, 0.2) is 53.5 Å². The average Bonchev–Trinajstić information content (AvgIpc) is 2.79. The van der Waals surface area contributed by atoms with E-state index in [0.29, 0.717) is 32.9 Å². The highest BCUT2D eigenvalue weighted by atomic mass is 127. The Balaban J connectivity index is 0.00000341. The summed E-state index contributed by atoms with van der Waals surface area (Å²) in [7, 11) is 3.46. The third-order valence-corrected chi connectivity index (χ3v) is 5.29. The number of hydrogen-bond donors (Lipinski definition) is 2. The largest absolute Gasteiger partial charge is 0.380 e. The van der Waals surface area contributed by atoms with Crippen molar-refractivity contribution in [1.82, 2.24) is 15.5 Å². The molecule has 170 valence electrons. The molecule has 0 saturated carbocycles. The van der Waals surface area contributed by atoms with Gasteiger partial charge < -0.3 is 20.1 Å². The van der Waals surface area contributed by atoms with Crippen molar-refractivity contribution >= 4 is 29.9 Å². The monoisotopic (exact) mass is 542 g/mol. The van der Waals surface area contributed by atoms with Crippen molar-refractivity contribution in [3.8, 4) is 0 Å². The summed E-state index contributed by atoms with van der Waals surface area (Å²) < 4.78 is 24.2. The van der Waals surface area contributed by atoms with Crippen molar-refractivity contribution in [2.45, 2.75) is 19.2 Å². The molecule has 3 rings (SSSR count). The van der Waals surface area contributed by atoms with Crippen LogP contribution in [0, 0.1) is 5.82 Å². The number of ether oxygens (including phenoxy) is 2. The average molecular weight is 542 g/mol. The lowest BCUT2D eigenvalue weighted by Crippen LogP contribution is -2.46. The van der Waals surface area contributed by atoms with Crippen LogP contribution >= 0.6 is 24.0 Å². The Kier molecular flexibility index (Phi) is 11.2. The quantitative estimate of drug-likeness (QED) is 0.305. The number of halogens is 2. The van der Waals surface area contributed by atoms with Crippen molar-refractivity contribution in [2.24, 2.45) is 4.99 Å². The van der Waals surface area contributed by atoms with Crippen LogP contribution in [0.4, 0.5) is 4.39 Å². The van der Waals surface area contributed by atoms with Crippen LogP contribution in [0.1, 0.15) is 22.7 Å². The molecule has 0 bridgehead atoms. The van der Waals surface area contributed by atoms with Crippen LogP contribution in [0.2, 0.25) is 0 Å². The van der Waals surface area contributed by atoms with Gasteiger partial charge in [-0.2, -0.15) is 0 Å². The second-order valence-corrected chi connectivity index (χ2v) is 7.22. The molecule has 1 saturated heterocycles. The third-order valence-electron chi connectivity index (χ3n) is 5.29. The number of benzene rings is 2. The number of nitrogens with one attached hydrogen (secondary N) is 2. The Labute approximate surface area is 201 Å². The first-order valence-corrected chi connectivity index (χ1v) is 10.3. The zero-order valence-corrected chi connectivity index (χ0v) is 20.5. The van der Waals surface area contributed by atoms with E-state index >= 15 is 0 Å². The van der Waals surface area contributed by atoms with Gasteiger partial charge >= 0.3 is 0 Å². The Morgan fingerprint density at radius 1 is 1.10 bits per heavy atom. The molecule has 0 aromatic heterocycles. The van der Waals surface area contributed by atoms with Crippen LogP contribution in [0.25, 0.3) is 0 Å². The number of guanidine groups is 1. The Morgan fingerprint density at radius 3 is 2.42 bits per heavy atom. The summed E-state index contributed by atoms with van der Waals surface area (Å²) in [5, 5.41) is 6.82. The van der Waals surface area contributed by atoms with E-state index in [1.165, 1.54) is 17.7 Å². The molecule has 2 N–H and O–H groups in total. The summed E-state index contributed by atoms with van der Waals surface area (Å²) in [6.45, 7) is 5.00. The molecule has 1 aliphatic heterocycles. The van der Waals surface area contributed by atoms with Gasteiger partial charge in [0.05, 0.1) is 25.9 Å². The molecule has 2 aromatic carbocycles. The van der Waals surface area contributed by atoms with E-state index in [1.54, 1.807) is 14.2 Å². The Bertz CT molecular complexity index is 813. The van der Waals surface area contributed by atoms with Crippen LogP contribution < -0.4 is 10.6 Å². The van der Waals surface area contributed by atoms with Gasteiger partial charge in [-0.15, -0.1) is 24.0 Å². The smallest absolute Gasteiger partial charge is 0.191 e. The van der Waals surface area contributed by atoms with E-state index in [9.17, 15) is 4.39 Å². The summed E-state index contributed by atoms with van der Waals surface area (Å²) in [5.74, 6) is 0.502. The maximum atomic E-state index is 13.4. The van der Waals surface area contributed by atoms with Crippen LogP contribution in [0.3, 0.4) is 0 Å². The van der Waals surface area contributed by atoms with E-state index in [2.05, 4.69) is 32.7 Å². The molecule has 1 fully saturated rings. The van der Waals surface area contributed by atoms with Crippen LogP contribution in [0.5, 0.6) is 0 Å². The third kappa shape index (κ3) is 7.71. The molecule has 31 heavy (non-hydrogen) atoms. The van der Waals surface area contributed by atoms with Crippen molar-refractivity contribution in [3.05, 3.63) is 71.0 Å². The van der Waals surface area contributed by atoms with Crippen LogP contribution in [-0.4, -0.2) is 57.9 Å². The summed E-state index contributed by atoms with van der Waals surface area (Å²) >= 11 is 0. The molecule has 0 radical (unpaired) electrons. The first-order chi connectivity index (χ1) is 14.7. The molecular formula is C23H32FIN4O2. The van der Waals surface area contributed by atoms with Crippen molar-refractivity contribution in [2.75, 3.05) is 47.0 Å². The predicted molar refractivity (Wildman–Crippen MR) is 132 cm³/mol. The SMILES string of the molecule is CN=C(NCc1ccccc1COC)NCC(c1ccc(F)cc1)N1CCOCC1.I. The lowest BCUT2D eigenvalue weighted by Gasteiger charge is -2.35. The fraction of sp³-hybridized carbons (Fsp3) is 0.435. The minimum absolute atomic E-state index is 0. The van der Waals surface area contributed by atoms with Crippen molar-refractivity contribution < 1.29 is 13.9 Å². The lowest BCUT2D eigenvalue weighted by atomic mass is 10.0. The molecule has 1 atom stereocenters. The summed E-state index contributed by atoms with van der Waals surface area (Å²) in [5.41, 5.74) is 3.40. The number of rotatable bonds is 8. The summed E-state index contributed by atoms with van der Waals surface area (Å²) in [4.78, 5) is 6.73. The van der Waals surface area contributed by atoms with Gasteiger partial charge in [0.25, 0.3) is 0 Å². The fourth-order valence-corrected chi connectivity index (χ4v) is 3.65. The van der Waals surface area contributed by atoms with Crippen molar-refractivity contribution in [1.29, 1.82) is 0 Å². The number of hydrogen-bond acceptors (Lipinski definition) is 4. The Morgan fingerprint density at radius 2 is 1.77 bits per heavy atom. The van der Waals surface area contributed by atoms with Gasteiger partial charge in [0.1, 0.15) is 5.82 Å². The second kappa shape index (κ2) is 13.6. The molecule has 6 nitrogen and oxygen atoms in total. The van der Waals surface area contributed by atoms with E-state index in [4.69, 9.17) is 9.47 Å². The Hall–Kier alpha value is -1.75. The number of methoxy groups -OCH3 is 1. The lowest BCUT2D eigenvalue weighted by molar-refractivity contribution is 0.0170. The number of morpholine rings is 1. The van der Waals surface area contributed by atoms with E-state index in [0.717, 1.165) is 30.2 Å². The highest BCUT2D eigenvalue weighted by Gasteiger charge is 2.23. The zero-order chi connectivity index (χ0) is 21.2. The molecule has 1 heterocycles. The molecular weight excluding hydrogens is 510 g/mol. The molecule has 0 aliphatic carbocycles. The first kappa shape index (κ1) is 25.5. The zero-order valence-electron chi connectivity index (χ0n) is 18.1. The highest BCUT2D eigenvalue weighted by Crippen LogP contribution is 2.21. The second-order valence-electron chi connectivity index (χ2n) is 7.22. The molecule has 8 heteroatoms. The normalized spacial score (nSPS) is 15.8. The molecule has 1 aliphatic rings. The van der Waals surface area contributed by atoms with Gasteiger partial charge in [0.2, 0.25) is 0 Å². The van der Waals surface area contributed by atoms with E-state index in [1.807, 2.05) is 24.3 Å². The van der Waals surface area contributed by atoms with Gasteiger partial charge in [0.15, 0.2) is 5.96 Å². The molecule has 1 unspecified atom stereocenters. The minimum atomic E-state index is -0.223. The maximum absolute atomic E-state index is 13.4. The van der Waals surface area contributed by atoms with Gasteiger partial charge in [-0.1, -0.05) is 36.4 Å². The van der Waals surface area contributed by atoms with E-state index < -0.39 is 0 Å². The summed E-state index contributed by atoms with van der Waals surface area (Å²) in [6, 6.07) is 15.0. The van der Waals surface area contributed by atoms with Gasteiger partial charge in [-0.05, 0) is 28.8 Å². The van der Waals surface area contributed by atoms with Crippen molar-refractivity contribution in [3.63, 3.8) is 0 Å². The first-order valence-electron chi connectivity index (χ1n) is 10.3. The molecule has 2 aromatic rings. The maximum Gasteiger partial charge on any atom is 0.191 e. The topological polar surface area (TPSA) is 58.1 Å². The minimum Gasteiger partial charge on any atom is -0.380 e. The van der Waals surface area contributed by atoms with E-state index in [-0.39, 0.29) is 35.8 Å². The van der Waals surface area contributed by atoms with Gasteiger partial charge in [0, 0.05) is 40.3 Å². The number of nitrogens with zero attached hydrogens (tertiary/aromatic N) is 2. The highest BCUT2D eigenvalue weighted by molar-refractivity contribution is 14.0. The standard InChI is InChI=1S/C23H31FN4O2.HI/c1-25-23(26-15-19-5-3-4-6-20(19)17-29-2)27-16-22(28-11-13-30-14-12-28)18-7-9-21(24)10-8-18;/h3-10,22H,11-17H2,1-2H3,(H2,25,26,27);1H. The molecule has 0 spiro atoms. The van der Waals surface area contributed by atoms with Gasteiger partial charge in [-0.3, -0.25) is 9.89 Å². The summed E-state index contributed by atoms with van der Waals surface area (Å²) in [6.07, 6.45) is 0. The van der Waals surface area contributed by atoms with Gasteiger partial charge in [-0.25, -0.2) is 4.39 Å². The fourth-order valence-electron chi connectivity index (χ4n) is 3.65. The molecule has 0 amide bonds. The van der Waals surface area contributed by atoms with Crippen LogP contribution in [-0.2, 0) is 22.6 Å². The predicted octanol–water partition coefficient (Wildman–Crippen LogP) is 3.33. The number of aliphatic imine (C=N–C) groups is 1.